The van der Waals surface area contributed by atoms with E-state index < -0.39 is 5.97 Å². The standard InChI is InChI=1S/C11H14N4O2S2/c1-7(2)4-15-10(8-3-12-6-19-8)13-14-11(15)18-5-9(16)17/h3,6-7H,4-5H2,1-2H3,(H,16,17). The smallest absolute Gasteiger partial charge is 0.313 e. The second-order valence-electron chi connectivity index (χ2n) is 4.36. The van der Waals surface area contributed by atoms with Crippen LogP contribution in [0.25, 0.3) is 10.7 Å². The van der Waals surface area contributed by atoms with Crippen molar-refractivity contribution < 1.29 is 9.90 Å². The molecule has 2 aromatic rings. The van der Waals surface area contributed by atoms with Crippen molar-refractivity contribution in [1.82, 2.24) is 19.7 Å². The molecule has 1 N–H and O–H groups in total. The molecular weight excluding hydrogens is 284 g/mol. The summed E-state index contributed by atoms with van der Waals surface area (Å²) in [6.07, 6.45) is 1.75. The minimum Gasteiger partial charge on any atom is -0.481 e. The van der Waals surface area contributed by atoms with Gasteiger partial charge in [0.2, 0.25) is 0 Å². The molecule has 0 atom stereocenters. The monoisotopic (exact) mass is 298 g/mol. The number of thioether (sulfide) groups is 1. The van der Waals surface area contributed by atoms with E-state index in [0.717, 1.165) is 17.2 Å². The summed E-state index contributed by atoms with van der Waals surface area (Å²) < 4.78 is 1.96. The molecule has 0 bridgehead atoms. The van der Waals surface area contributed by atoms with Gasteiger partial charge in [-0.25, -0.2) is 0 Å². The predicted molar refractivity (Wildman–Crippen MR) is 74.3 cm³/mol. The highest BCUT2D eigenvalue weighted by Gasteiger charge is 2.17. The fraction of sp³-hybridized carbons (Fsp3) is 0.455. The molecule has 0 amide bonds. The van der Waals surface area contributed by atoms with Crippen LogP contribution in [0.5, 0.6) is 0 Å². The lowest BCUT2D eigenvalue weighted by atomic mass is 10.2. The summed E-state index contributed by atoms with van der Waals surface area (Å²) >= 11 is 2.68. The van der Waals surface area contributed by atoms with Gasteiger partial charge in [-0.05, 0) is 5.92 Å². The van der Waals surface area contributed by atoms with Crippen LogP contribution < -0.4 is 0 Å². The molecule has 19 heavy (non-hydrogen) atoms. The fourth-order valence-corrected chi connectivity index (χ4v) is 2.84. The second kappa shape index (κ2) is 6.16. The Balaban J connectivity index is 2.30. The zero-order valence-electron chi connectivity index (χ0n) is 10.6. The molecule has 2 heterocycles. The molecule has 102 valence electrons. The Labute approximate surface area is 118 Å². The Morgan fingerprint density at radius 2 is 2.32 bits per heavy atom. The van der Waals surface area contributed by atoms with E-state index in [0.29, 0.717) is 11.1 Å². The molecule has 2 rings (SSSR count). The van der Waals surface area contributed by atoms with Gasteiger partial charge in [0, 0.05) is 12.7 Å². The van der Waals surface area contributed by atoms with Crippen LogP contribution in [0.2, 0.25) is 0 Å². The Bertz CT molecular complexity index is 551. The second-order valence-corrected chi connectivity index (χ2v) is 6.19. The number of carboxylic acid groups (broad SMARTS) is 1. The zero-order valence-corrected chi connectivity index (χ0v) is 12.2. The van der Waals surface area contributed by atoms with Crippen LogP contribution in [0.3, 0.4) is 0 Å². The van der Waals surface area contributed by atoms with E-state index in [-0.39, 0.29) is 5.75 Å². The number of carboxylic acids is 1. The van der Waals surface area contributed by atoms with Gasteiger partial charge in [-0.2, -0.15) is 0 Å². The molecule has 0 aliphatic heterocycles. The number of hydrogen-bond donors (Lipinski definition) is 1. The van der Waals surface area contributed by atoms with Crippen molar-refractivity contribution in [3.8, 4) is 10.7 Å². The van der Waals surface area contributed by atoms with Gasteiger partial charge >= 0.3 is 5.97 Å². The first-order valence-electron chi connectivity index (χ1n) is 5.74. The molecule has 0 saturated carbocycles. The van der Waals surface area contributed by atoms with Gasteiger partial charge < -0.3 is 9.67 Å². The van der Waals surface area contributed by atoms with Crippen LogP contribution in [0.15, 0.2) is 16.9 Å². The molecule has 6 nitrogen and oxygen atoms in total. The van der Waals surface area contributed by atoms with Crippen LogP contribution >= 0.6 is 23.1 Å². The van der Waals surface area contributed by atoms with Gasteiger partial charge in [0.25, 0.3) is 0 Å². The third-order valence-corrected chi connectivity index (χ3v) is 3.96. The Kier molecular flexibility index (Phi) is 4.54. The maximum Gasteiger partial charge on any atom is 0.313 e. The lowest BCUT2D eigenvalue weighted by Crippen LogP contribution is -2.08. The molecule has 0 spiro atoms. The van der Waals surface area contributed by atoms with Crippen LogP contribution in [0.1, 0.15) is 13.8 Å². The first-order valence-corrected chi connectivity index (χ1v) is 7.61. The molecular formula is C11H14N4O2S2. The Morgan fingerprint density at radius 1 is 1.53 bits per heavy atom. The average molecular weight is 298 g/mol. The highest BCUT2D eigenvalue weighted by atomic mass is 32.2. The van der Waals surface area contributed by atoms with Crippen molar-refractivity contribution in [1.29, 1.82) is 0 Å². The number of rotatable bonds is 6. The molecule has 0 radical (unpaired) electrons. The SMILES string of the molecule is CC(C)Cn1c(SCC(=O)O)nnc1-c1cncs1. The van der Waals surface area contributed by atoms with Gasteiger partial charge in [0.15, 0.2) is 11.0 Å². The molecule has 8 heteroatoms. The van der Waals surface area contributed by atoms with Crippen LogP contribution in [-0.4, -0.2) is 36.6 Å². The summed E-state index contributed by atoms with van der Waals surface area (Å²) in [6.45, 7) is 4.95. The van der Waals surface area contributed by atoms with E-state index in [1.807, 2.05) is 4.57 Å². The van der Waals surface area contributed by atoms with Crippen molar-refractivity contribution in [3.05, 3.63) is 11.7 Å². The van der Waals surface area contributed by atoms with Crippen LogP contribution in [-0.2, 0) is 11.3 Å². The van der Waals surface area contributed by atoms with E-state index in [1.54, 1.807) is 11.7 Å². The number of carbonyl (C=O) groups is 1. The van der Waals surface area contributed by atoms with Crippen molar-refractivity contribution in [3.63, 3.8) is 0 Å². The van der Waals surface area contributed by atoms with Gasteiger partial charge in [-0.3, -0.25) is 9.78 Å². The molecule has 0 saturated heterocycles. The number of thiazole rings is 1. The number of aliphatic carboxylic acids is 1. The predicted octanol–water partition coefficient (Wildman–Crippen LogP) is 2.23. The van der Waals surface area contributed by atoms with E-state index in [1.165, 1.54) is 23.1 Å². The van der Waals surface area contributed by atoms with Crippen LogP contribution in [0.4, 0.5) is 0 Å². The molecule has 0 fully saturated rings. The summed E-state index contributed by atoms with van der Waals surface area (Å²) in [5.74, 6) is 0.304. The Hall–Kier alpha value is -1.41. The molecule has 0 aromatic carbocycles. The molecule has 0 aliphatic carbocycles. The van der Waals surface area contributed by atoms with Gasteiger partial charge in [-0.15, -0.1) is 21.5 Å². The van der Waals surface area contributed by atoms with Gasteiger partial charge in [0.1, 0.15) is 0 Å². The molecule has 2 aromatic heterocycles. The lowest BCUT2D eigenvalue weighted by molar-refractivity contribution is -0.133. The number of aromatic nitrogens is 4. The molecule has 0 unspecified atom stereocenters. The van der Waals surface area contributed by atoms with Gasteiger partial charge in [-0.1, -0.05) is 25.6 Å². The summed E-state index contributed by atoms with van der Waals surface area (Å²) in [7, 11) is 0. The summed E-state index contributed by atoms with van der Waals surface area (Å²) in [5, 5.41) is 17.6. The molecule has 0 aliphatic rings. The maximum atomic E-state index is 10.7. The summed E-state index contributed by atoms with van der Waals surface area (Å²) in [6, 6.07) is 0. The Morgan fingerprint density at radius 3 is 2.89 bits per heavy atom. The minimum absolute atomic E-state index is 0.0150. The number of hydrogen-bond acceptors (Lipinski definition) is 6. The van der Waals surface area contributed by atoms with E-state index in [4.69, 9.17) is 5.11 Å². The van der Waals surface area contributed by atoms with Crippen molar-refractivity contribution in [2.75, 3.05) is 5.75 Å². The minimum atomic E-state index is -0.858. The first kappa shape index (κ1) is 14.0. The summed E-state index contributed by atoms with van der Waals surface area (Å²) in [4.78, 5) is 15.6. The van der Waals surface area contributed by atoms with Gasteiger partial charge in [0.05, 0.1) is 16.1 Å². The van der Waals surface area contributed by atoms with Crippen molar-refractivity contribution in [2.45, 2.75) is 25.5 Å². The number of nitrogens with zero attached hydrogens (tertiary/aromatic N) is 4. The van der Waals surface area contributed by atoms with Crippen molar-refractivity contribution >= 4 is 29.1 Å². The third-order valence-electron chi connectivity index (χ3n) is 2.24. The highest BCUT2D eigenvalue weighted by molar-refractivity contribution is 7.99. The van der Waals surface area contributed by atoms with Crippen LogP contribution in [0, 0.1) is 5.92 Å². The lowest BCUT2D eigenvalue weighted by Gasteiger charge is -2.10. The zero-order chi connectivity index (χ0) is 13.8. The fourth-order valence-electron chi connectivity index (χ4n) is 1.56. The largest absolute Gasteiger partial charge is 0.481 e. The van der Waals surface area contributed by atoms with Crippen molar-refractivity contribution in [2.24, 2.45) is 5.92 Å². The van der Waals surface area contributed by atoms with E-state index in [9.17, 15) is 4.79 Å². The summed E-state index contributed by atoms with van der Waals surface area (Å²) in [5.41, 5.74) is 1.74. The quantitative estimate of drug-likeness (QED) is 0.824. The average Bonchev–Trinajstić information content (AvgIpc) is 2.94. The normalized spacial score (nSPS) is 11.1. The first-order chi connectivity index (χ1) is 9.08. The topological polar surface area (TPSA) is 80.9 Å². The third kappa shape index (κ3) is 3.54. The van der Waals surface area contributed by atoms with E-state index >= 15 is 0 Å². The van der Waals surface area contributed by atoms with E-state index in [2.05, 4.69) is 29.0 Å². The maximum absolute atomic E-state index is 10.7. The highest BCUT2D eigenvalue weighted by Crippen LogP contribution is 2.27.